The summed E-state index contributed by atoms with van der Waals surface area (Å²) in [5.74, 6) is 1.19. The van der Waals surface area contributed by atoms with Gasteiger partial charge in [0.1, 0.15) is 0 Å². The van der Waals surface area contributed by atoms with Crippen molar-refractivity contribution in [3.63, 3.8) is 0 Å². The highest BCUT2D eigenvalue weighted by atomic mass is 16.1. The highest BCUT2D eigenvalue weighted by molar-refractivity contribution is 5.91. The molecule has 0 saturated carbocycles. The van der Waals surface area contributed by atoms with E-state index in [4.69, 9.17) is 0 Å². The minimum atomic E-state index is -0.0883. The number of rotatable bonds is 4. The first-order valence-corrected chi connectivity index (χ1v) is 9.24. The number of aryl methyl sites for hydroxylation is 2. The maximum absolute atomic E-state index is 12.3. The van der Waals surface area contributed by atoms with Gasteiger partial charge in [-0.3, -0.25) is 4.79 Å². The molecule has 2 aromatic carbocycles. The molecule has 0 spiro atoms. The largest absolute Gasteiger partial charge is 0.325 e. The maximum atomic E-state index is 12.3. The lowest BCUT2D eigenvalue weighted by Gasteiger charge is -2.29. The molecule has 27 heavy (non-hydrogen) atoms. The zero-order valence-electron chi connectivity index (χ0n) is 15.4. The number of hydrogen-bond donors (Lipinski definition) is 1. The summed E-state index contributed by atoms with van der Waals surface area (Å²) in [6, 6.07) is 20.0. The van der Waals surface area contributed by atoms with Crippen LogP contribution in [0.3, 0.4) is 0 Å². The molecule has 0 radical (unpaired) electrons. The zero-order valence-corrected chi connectivity index (χ0v) is 15.4. The number of anilines is 3. The SMILES string of the molecule is Cc1ccccc1CC(=O)Nc1ccc(N2CCCc3ccccc32)nn1. The molecule has 136 valence electrons. The number of aromatic nitrogens is 2. The van der Waals surface area contributed by atoms with Gasteiger partial charge in [-0.15, -0.1) is 10.2 Å². The van der Waals surface area contributed by atoms with Crippen molar-refractivity contribution in [3.05, 3.63) is 77.4 Å². The van der Waals surface area contributed by atoms with Gasteiger partial charge in [0.15, 0.2) is 11.6 Å². The second-order valence-electron chi connectivity index (χ2n) is 6.81. The van der Waals surface area contributed by atoms with Gasteiger partial charge in [-0.2, -0.15) is 0 Å². The van der Waals surface area contributed by atoms with E-state index < -0.39 is 0 Å². The Morgan fingerprint density at radius 1 is 1.04 bits per heavy atom. The Kier molecular flexibility index (Phi) is 4.83. The van der Waals surface area contributed by atoms with Crippen LogP contribution in [0, 0.1) is 6.92 Å². The number of fused-ring (bicyclic) bond motifs is 1. The molecule has 0 saturated heterocycles. The van der Waals surface area contributed by atoms with Gasteiger partial charge in [0.25, 0.3) is 0 Å². The monoisotopic (exact) mass is 358 g/mol. The van der Waals surface area contributed by atoms with Crippen molar-refractivity contribution in [1.82, 2.24) is 10.2 Å². The molecule has 5 heteroatoms. The van der Waals surface area contributed by atoms with Crippen LogP contribution in [0.5, 0.6) is 0 Å². The predicted octanol–water partition coefficient (Wildman–Crippen LogP) is 4.05. The Hall–Kier alpha value is -3.21. The fourth-order valence-electron chi connectivity index (χ4n) is 3.48. The molecule has 4 rings (SSSR count). The van der Waals surface area contributed by atoms with Gasteiger partial charge in [0.05, 0.1) is 6.42 Å². The topological polar surface area (TPSA) is 58.1 Å². The van der Waals surface area contributed by atoms with Gasteiger partial charge in [-0.05, 0) is 54.7 Å². The molecule has 0 atom stereocenters. The van der Waals surface area contributed by atoms with E-state index in [0.717, 1.165) is 36.3 Å². The van der Waals surface area contributed by atoms with Gasteiger partial charge in [-0.1, -0.05) is 42.5 Å². The van der Waals surface area contributed by atoms with Crippen molar-refractivity contribution >= 4 is 23.2 Å². The van der Waals surface area contributed by atoms with Crippen LogP contribution < -0.4 is 10.2 Å². The summed E-state index contributed by atoms with van der Waals surface area (Å²) in [7, 11) is 0. The number of nitrogens with one attached hydrogen (secondary N) is 1. The van der Waals surface area contributed by atoms with Gasteiger partial charge in [0.2, 0.25) is 5.91 Å². The predicted molar refractivity (Wildman–Crippen MR) is 107 cm³/mol. The van der Waals surface area contributed by atoms with Crippen molar-refractivity contribution in [1.29, 1.82) is 0 Å². The normalized spacial score (nSPS) is 13.1. The summed E-state index contributed by atoms with van der Waals surface area (Å²) in [6.07, 6.45) is 2.51. The van der Waals surface area contributed by atoms with Crippen LogP contribution in [0.4, 0.5) is 17.3 Å². The fourth-order valence-corrected chi connectivity index (χ4v) is 3.48. The van der Waals surface area contributed by atoms with Crippen molar-refractivity contribution in [3.8, 4) is 0 Å². The highest BCUT2D eigenvalue weighted by Crippen LogP contribution is 2.31. The molecule has 5 nitrogen and oxygen atoms in total. The van der Waals surface area contributed by atoms with E-state index in [1.165, 1.54) is 11.3 Å². The van der Waals surface area contributed by atoms with Gasteiger partial charge in [-0.25, -0.2) is 0 Å². The summed E-state index contributed by atoms with van der Waals surface area (Å²) in [5, 5.41) is 11.4. The molecule has 3 aromatic rings. The second kappa shape index (κ2) is 7.58. The highest BCUT2D eigenvalue weighted by Gasteiger charge is 2.19. The summed E-state index contributed by atoms with van der Waals surface area (Å²) < 4.78 is 0. The van der Waals surface area contributed by atoms with Crippen molar-refractivity contribution in [2.75, 3.05) is 16.8 Å². The van der Waals surface area contributed by atoms with Crippen LogP contribution >= 0.6 is 0 Å². The second-order valence-corrected chi connectivity index (χ2v) is 6.81. The van der Waals surface area contributed by atoms with E-state index in [0.29, 0.717) is 12.2 Å². The smallest absolute Gasteiger partial charge is 0.230 e. The quantitative estimate of drug-likeness (QED) is 0.764. The van der Waals surface area contributed by atoms with Crippen LogP contribution in [-0.2, 0) is 17.6 Å². The molecule has 0 unspecified atom stereocenters. The van der Waals surface area contributed by atoms with Crippen LogP contribution in [-0.4, -0.2) is 22.6 Å². The van der Waals surface area contributed by atoms with E-state index in [-0.39, 0.29) is 5.91 Å². The van der Waals surface area contributed by atoms with Gasteiger partial charge < -0.3 is 10.2 Å². The number of amides is 1. The number of hydrogen-bond acceptors (Lipinski definition) is 4. The maximum Gasteiger partial charge on any atom is 0.230 e. The van der Waals surface area contributed by atoms with Crippen LogP contribution in [0.1, 0.15) is 23.1 Å². The fraction of sp³-hybridized carbons (Fsp3) is 0.227. The van der Waals surface area contributed by atoms with Crippen molar-refractivity contribution < 1.29 is 4.79 Å². The Labute approximate surface area is 159 Å². The molecule has 1 N–H and O–H groups in total. The lowest BCUT2D eigenvalue weighted by molar-refractivity contribution is -0.115. The van der Waals surface area contributed by atoms with E-state index in [9.17, 15) is 4.79 Å². The third-order valence-electron chi connectivity index (χ3n) is 4.92. The number of carbonyl (C=O) groups is 1. The van der Waals surface area contributed by atoms with E-state index in [2.05, 4.69) is 38.6 Å². The van der Waals surface area contributed by atoms with E-state index in [1.807, 2.05) is 49.4 Å². The first kappa shape index (κ1) is 17.2. The molecule has 0 aliphatic carbocycles. The summed E-state index contributed by atoms with van der Waals surface area (Å²) in [6.45, 7) is 2.93. The zero-order chi connectivity index (χ0) is 18.6. The molecule has 1 aromatic heterocycles. The number of carbonyl (C=O) groups excluding carboxylic acids is 1. The Morgan fingerprint density at radius 3 is 2.67 bits per heavy atom. The Morgan fingerprint density at radius 2 is 1.85 bits per heavy atom. The third kappa shape index (κ3) is 3.82. The minimum absolute atomic E-state index is 0.0883. The van der Waals surface area contributed by atoms with E-state index >= 15 is 0 Å². The van der Waals surface area contributed by atoms with E-state index in [1.54, 1.807) is 0 Å². The molecule has 1 amide bonds. The van der Waals surface area contributed by atoms with Crippen LogP contribution in [0.25, 0.3) is 0 Å². The number of benzene rings is 2. The summed E-state index contributed by atoms with van der Waals surface area (Å²) in [4.78, 5) is 14.5. The van der Waals surface area contributed by atoms with Gasteiger partial charge >= 0.3 is 0 Å². The minimum Gasteiger partial charge on any atom is -0.325 e. The first-order chi connectivity index (χ1) is 13.2. The summed E-state index contributed by atoms with van der Waals surface area (Å²) >= 11 is 0. The molecular weight excluding hydrogens is 336 g/mol. The number of para-hydroxylation sites is 1. The molecule has 1 aliphatic rings. The standard InChI is InChI=1S/C22H22N4O/c1-16-7-2-3-9-18(16)15-22(27)23-20-12-13-21(25-24-20)26-14-6-10-17-8-4-5-11-19(17)26/h2-5,7-9,11-13H,6,10,14-15H2,1H3,(H,23,24,27). The first-order valence-electron chi connectivity index (χ1n) is 9.24. The van der Waals surface area contributed by atoms with Crippen molar-refractivity contribution in [2.24, 2.45) is 0 Å². The number of nitrogens with zero attached hydrogens (tertiary/aromatic N) is 3. The van der Waals surface area contributed by atoms with Crippen LogP contribution in [0.2, 0.25) is 0 Å². The average Bonchev–Trinajstić information content (AvgIpc) is 2.70. The molecule has 0 bridgehead atoms. The van der Waals surface area contributed by atoms with Gasteiger partial charge in [0, 0.05) is 12.2 Å². The summed E-state index contributed by atoms with van der Waals surface area (Å²) in [5.41, 5.74) is 4.65. The third-order valence-corrected chi connectivity index (χ3v) is 4.92. The Bertz CT molecular complexity index is 953. The Balaban J connectivity index is 1.45. The lowest BCUT2D eigenvalue weighted by Crippen LogP contribution is -2.25. The molecule has 0 fully saturated rings. The molecule has 2 heterocycles. The molecular formula is C22H22N4O. The average molecular weight is 358 g/mol. The molecule has 1 aliphatic heterocycles. The van der Waals surface area contributed by atoms with Crippen LogP contribution in [0.15, 0.2) is 60.7 Å². The van der Waals surface area contributed by atoms with Crippen molar-refractivity contribution in [2.45, 2.75) is 26.2 Å². The lowest BCUT2D eigenvalue weighted by atomic mass is 10.0.